The van der Waals surface area contributed by atoms with Crippen LogP contribution in [-0.4, -0.2) is 10.9 Å². The number of halogens is 2. The first-order valence-electron chi connectivity index (χ1n) is 6.86. The maximum atomic E-state index is 12.1. The predicted molar refractivity (Wildman–Crippen MR) is 96.3 cm³/mol. The monoisotopic (exact) mass is 362 g/mol. The molecule has 0 radical (unpaired) electrons. The molecule has 0 aliphatic rings. The van der Waals surface area contributed by atoms with Crippen LogP contribution in [0.2, 0.25) is 10.0 Å². The van der Waals surface area contributed by atoms with E-state index in [0.717, 1.165) is 16.3 Å². The fraction of sp³-hybridized carbons (Fsp3) is 0.0588. The summed E-state index contributed by atoms with van der Waals surface area (Å²) in [6, 6.07) is 14.5. The predicted octanol–water partition coefficient (Wildman–Crippen LogP) is 5.30. The van der Waals surface area contributed by atoms with Gasteiger partial charge in [0.25, 0.3) is 0 Å². The normalized spacial score (nSPS) is 10.5. The van der Waals surface area contributed by atoms with Crippen molar-refractivity contribution in [3.05, 3.63) is 69.7 Å². The van der Waals surface area contributed by atoms with Crippen molar-refractivity contribution < 1.29 is 4.79 Å². The molecule has 0 unspecified atom stereocenters. The molecular formula is C17H12Cl2N2OS. The highest BCUT2D eigenvalue weighted by atomic mass is 35.5. The summed E-state index contributed by atoms with van der Waals surface area (Å²) in [7, 11) is 0. The quantitative estimate of drug-likeness (QED) is 0.684. The molecule has 0 aliphatic carbocycles. The Kier molecular flexibility index (Phi) is 4.96. The van der Waals surface area contributed by atoms with Gasteiger partial charge in [0.15, 0.2) is 0 Å². The molecule has 1 aromatic heterocycles. The molecule has 0 saturated heterocycles. The smallest absolute Gasteiger partial charge is 0.230 e. The van der Waals surface area contributed by atoms with Gasteiger partial charge in [-0.1, -0.05) is 35.3 Å². The van der Waals surface area contributed by atoms with Crippen LogP contribution in [0.15, 0.2) is 53.9 Å². The average Bonchev–Trinajstić information content (AvgIpc) is 2.98. The first-order chi connectivity index (χ1) is 11.1. The van der Waals surface area contributed by atoms with Gasteiger partial charge in [-0.05, 0) is 36.4 Å². The molecular weight excluding hydrogens is 351 g/mol. The molecule has 6 heteroatoms. The third-order valence-electron chi connectivity index (χ3n) is 3.09. The largest absolute Gasteiger partial charge is 0.326 e. The zero-order chi connectivity index (χ0) is 16.2. The topological polar surface area (TPSA) is 42.0 Å². The highest BCUT2D eigenvalue weighted by Gasteiger charge is 2.09. The maximum Gasteiger partial charge on any atom is 0.230 e. The van der Waals surface area contributed by atoms with Crippen molar-refractivity contribution in [3.8, 4) is 10.6 Å². The number of amides is 1. The number of thiazole rings is 1. The molecule has 116 valence electrons. The van der Waals surface area contributed by atoms with Gasteiger partial charge in [0.2, 0.25) is 5.91 Å². The lowest BCUT2D eigenvalue weighted by molar-refractivity contribution is -0.115. The van der Waals surface area contributed by atoms with E-state index >= 15 is 0 Å². The van der Waals surface area contributed by atoms with Gasteiger partial charge in [-0.2, -0.15) is 0 Å². The SMILES string of the molecule is O=C(Cc1csc(-c2cccc(Cl)c2)n1)Nc1ccc(Cl)cc1. The molecule has 0 saturated carbocycles. The van der Waals surface area contributed by atoms with Crippen molar-refractivity contribution in [3.63, 3.8) is 0 Å². The van der Waals surface area contributed by atoms with Gasteiger partial charge in [-0.15, -0.1) is 11.3 Å². The molecule has 1 N–H and O–H groups in total. The van der Waals surface area contributed by atoms with Crippen LogP contribution in [0, 0.1) is 0 Å². The Bertz CT molecular complexity index is 831. The molecule has 3 rings (SSSR count). The van der Waals surface area contributed by atoms with E-state index in [4.69, 9.17) is 23.2 Å². The van der Waals surface area contributed by atoms with E-state index in [2.05, 4.69) is 10.3 Å². The number of anilines is 1. The van der Waals surface area contributed by atoms with Crippen molar-refractivity contribution in [1.82, 2.24) is 4.98 Å². The van der Waals surface area contributed by atoms with Crippen LogP contribution >= 0.6 is 34.5 Å². The summed E-state index contributed by atoms with van der Waals surface area (Å²) >= 11 is 13.3. The lowest BCUT2D eigenvalue weighted by Crippen LogP contribution is -2.14. The standard InChI is InChI=1S/C17H12Cl2N2OS/c18-12-4-6-14(7-5-12)20-16(22)9-15-10-23-17(21-15)11-2-1-3-13(19)8-11/h1-8,10H,9H2,(H,20,22). The first-order valence-corrected chi connectivity index (χ1v) is 8.49. The van der Waals surface area contributed by atoms with Gasteiger partial charge in [0, 0.05) is 26.7 Å². The number of hydrogen-bond acceptors (Lipinski definition) is 3. The summed E-state index contributed by atoms with van der Waals surface area (Å²) in [5.74, 6) is -0.115. The number of benzene rings is 2. The van der Waals surface area contributed by atoms with Gasteiger partial charge in [0.05, 0.1) is 12.1 Å². The van der Waals surface area contributed by atoms with E-state index in [0.29, 0.717) is 15.7 Å². The summed E-state index contributed by atoms with van der Waals surface area (Å²) in [6.07, 6.45) is 0.222. The van der Waals surface area contributed by atoms with Crippen LogP contribution in [-0.2, 0) is 11.2 Å². The van der Waals surface area contributed by atoms with E-state index < -0.39 is 0 Å². The number of nitrogens with zero attached hydrogens (tertiary/aromatic N) is 1. The van der Waals surface area contributed by atoms with Crippen molar-refractivity contribution in [2.75, 3.05) is 5.32 Å². The average molecular weight is 363 g/mol. The third kappa shape index (κ3) is 4.32. The van der Waals surface area contributed by atoms with Gasteiger partial charge in [-0.25, -0.2) is 4.98 Å². The molecule has 0 bridgehead atoms. The second-order valence-electron chi connectivity index (χ2n) is 4.89. The Morgan fingerprint density at radius 3 is 2.61 bits per heavy atom. The Morgan fingerprint density at radius 1 is 1.09 bits per heavy atom. The summed E-state index contributed by atoms with van der Waals surface area (Å²) in [6.45, 7) is 0. The first kappa shape index (κ1) is 16.0. The van der Waals surface area contributed by atoms with E-state index in [1.165, 1.54) is 11.3 Å². The van der Waals surface area contributed by atoms with E-state index in [9.17, 15) is 4.79 Å². The van der Waals surface area contributed by atoms with Gasteiger partial charge < -0.3 is 5.32 Å². The molecule has 3 aromatic rings. The van der Waals surface area contributed by atoms with Crippen LogP contribution < -0.4 is 5.32 Å². The van der Waals surface area contributed by atoms with Crippen molar-refractivity contribution in [1.29, 1.82) is 0 Å². The van der Waals surface area contributed by atoms with E-state index in [1.807, 2.05) is 29.6 Å². The molecule has 1 heterocycles. The van der Waals surface area contributed by atoms with Gasteiger partial charge in [-0.3, -0.25) is 4.79 Å². The number of aromatic nitrogens is 1. The van der Waals surface area contributed by atoms with Crippen molar-refractivity contribution >= 4 is 46.1 Å². The van der Waals surface area contributed by atoms with E-state index in [-0.39, 0.29) is 12.3 Å². The fourth-order valence-corrected chi connectivity index (χ4v) is 3.18. The summed E-state index contributed by atoms with van der Waals surface area (Å²) in [5, 5.41) is 6.86. The Balaban J connectivity index is 1.66. The third-order valence-corrected chi connectivity index (χ3v) is 4.52. The zero-order valence-corrected chi connectivity index (χ0v) is 14.3. The van der Waals surface area contributed by atoms with E-state index in [1.54, 1.807) is 24.3 Å². The Labute approximate surface area is 147 Å². The summed E-state index contributed by atoms with van der Waals surface area (Å²) in [5.41, 5.74) is 2.40. The minimum Gasteiger partial charge on any atom is -0.326 e. The molecule has 2 aromatic carbocycles. The number of carbonyl (C=O) groups excluding carboxylic acids is 1. The van der Waals surface area contributed by atoms with Gasteiger partial charge in [0.1, 0.15) is 5.01 Å². The van der Waals surface area contributed by atoms with Crippen LogP contribution in [0.25, 0.3) is 10.6 Å². The zero-order valence-electron chi connectivity index (χ0n) is 11.9. The number of rotatable bonds is 4. The molecule has 3 nitrogen and oxygen atoms in total. The maximum absolute atomic E-state index is 12.1. The minimum atomic E-state index is -0.115. The van der Waals surface area contributed by atoms with Crippen LogP contribution in [0.3, 0.4) is 0 Å². The molecule has 0 fully saturated rings. The Hall–Kier alpha value is -1.88. The van der Waals surface area contributed by atoms with Crippen LogP contribution in [0.5, 0.6) is 0 Å². The van der Waals surface area contributed by atoms with Crippen LogP contribution in [0.1, 0.15) is 5.69 Å². The van der Waals surface area contributed by atoms with Gasteiger partial charge >= 0.3 is 0 Å². The number of hydrogen-bond donors (Lipinski definition) is 1. The fourth-order valence-electron chi connectivity index (χ4n) is 2.05. The highest BCUT2D eigenvalue weighted by Crippen LogP contribution is 2.26. The lowest BCUT2D eigenvalue weighted by Gasteiger charge is -2.03. The minimum absolute atomic E-state index is 0.115. The van der Waals surface area contributed by atoms with Crippen LogP contribution in [0.4, 0.5) is 5.69 Å². The molecule has 23 heavy (non-hydrogen) atoms. The Morgan fingerprint density at radius 2 is 1.87 bits per heavy atom. The molecule has 0 spiro atoms. The molecule has 0 atom stereocenters. The second kappa shape index (κ2) is 7.13. The number of nitrogens with one attached hydrogen (secondary N) is 1. The van der Waals surface area contributed by atoms with Crippen molar-refractivity contribution in [2.24, 2.45) is 0 Å². The molecule has 1 amide bonds. The summed E-state index contributed by atoms with van der Waals surface area (Å²) < 4.78 is 0. The second-order valence-corrected chi connectivity index (χ2v) is 6.62. The van der Waals surface area contributed by atoms with Crippen molar-refractivity contribution in [2.45, 2.75) is 6.42 Å². The highest BCUT2D eigenvalue weighted by molar-refractivity contribution is 7.13. The number of carbonyl (C=O) groups is 1. The molecule has 0 aliphatic heterocycles. The summed E-state index contributed by atoms with van der Waals surface area (Å²) in [4.78, 5) is 16.6. The lowest BCUT2D eigenvalue weighted by atomic mass is 10.2.